The van der Waals surface area contributed by atoms with E-state index in [0.717, 1.165) is 17.4 Å². The number of hydrogen-bond acceptors (Lipinski definition) is 7. The van der Waals surface area contributed by atoms with Gasteiger partial charge in [0, 0.05) is 46.1 Å². The van der Waals surface area contributed by atoms with Crippen LogP contribution in [0.5, 0.6) is 0 Å². The summed E-state index contributed by atoms with van der Waals surface area (Å²) < 4.78 is 5.24. The molecule has 0 aromatic carbocycles. The van der Waals surface area contributed by atoms with Gasteiger partial charge in [-0.05, 0) is 18.6 Å². The van der Waals surface area contributed by atoms with Crippen LogP contribution in [0.3, 0.4) is 0 Å². The molecule has 0 radical (unpaired) electrons. The van der Waals surface area contributed by atoms with Gasteiger partial charge in [0.15, 0.2) is 0 Å². The van der Waals surface area contributed by atoms with Crippen molar-refractivity contribution in [1.82, 2.24) is 15.3 Å². The SMILES string of the molecule is CN(C)c1cc(N2C[C@H](O)C[C@@H]2CNC(=O)CCc2ccco2)ncn1. The number of aliphatic hydroxyl groups excluding tert-OH is 1. The van der Waals surface area contributed by atoms with E-state index in [1.165, 1.54) is 6.33 Å². The second kappa shape index (κ2) is 8.18. The smallest absolute Gasteiger partial charge is 0.220 e. The molecule has 0 spiro atoms. The van der Waals surface area contributed by atoms with Crippen LogP contribution >= 0.6 is 0 Å². The Balaban J connectivity index is 1.57. The maximum atomic E-state index is 12.1. The Morgan fingerprint density at radius 2 is 2.31 bits per heavy atom. The Hall–Kier alpha value is -2.61. The first-order valence-corrected chi connectivity index (χ1v) is 8.76. The highest BCUT2D eigenvalue weighted by Gasteiger charge is 2.32. The van der Waals surface area contributed by atoms with Crippen molar-refractivity contribution >= 4 is 17.5 Å². The van der Waals surface area contributed by atoms with E-state index in [1.807, 2.05) is 42.1 Å². The molecule has 1 aliphatic rings. The second-order valence-electron chi connectivity index (χ2n) is 6.71. The maximum absolute atomic E-state index is 12.1. The third-order valence-electron chi connectivity index (χ3n) is 4.50. The summed E-state index contributed by atoms with van der Waals surface area (Å²) in [7, 11) is 3.84. The second-order valence-corrected chi connectivity index (χ2v) is 6.71. The molecule has 1 saturated heterocycles. The van der Waals surface area contributed by atoms with E-state index in [-0.39, 0.29) is 11.9 Å². The lowest BCUT2D eigenvalue weighted by molar-refractivity contribution is -0.121. The molecule has 0 saturated carbocycles. The molecular formula is C18H25N5O3. The zero-order chi connectivity index (χ0) is 18.5. The molecule has 0 aliphatic carbocycles. The van der Waals surface area contributed by atoms with Crippen LogP contribution in [-0.2, 0) is 11.2 Å². The largest absolute Gasteiger partial charge is 0.469 e. The zero-order valence-electron chi connectivity index (χ0n) is 15.1. The number of nitrogens with zero attached hydrogens (tertiary/aromatic N) is 4. The van der Waals surface area contributed by atoms with Crippen molar-refractivity contribution in [1.29, 1.82) is 0 Å². The lowest BCUT2D eigenvalue weighted by atomic mass is 10.2. The minimum absolute atomic E-state index is 0.00229. The van der Waals surface area contributed by atoms with Crippen LogP contribution in [0.15, 0.2) is 35.2 Å². The Morgan fingerprint density at radius 3 is 3.04 bits per heavy atom. The first-order chi connectivity index (χ1) is 12.5. The summed E-state index contributed by atoms with van der Waals surface area (Å²) in [6.07, 6.45) is 4.25. The average Bonchev–Trinajstić information content (AvgIpc) is 3.27. The fraction of sp³-hybridized carbons (Fsp3) is 0.500. The first kappa shape index (κ1) is 18.2. The van der Waals surface area contributed by atoms with Gasteiger partial charge in [-0.1, -0.05) is 0 Å². The normalized spacial score (nSPS) is 19.6. The molecule has 3 rings (SSSR count). The van der Waals surface area contributed by atoms with Gasteiger partial charge in [-0.3, -0.25) is 4.79 Å². The summed E-state index contributed by atoms with van der Waals surface area (Å²) in [5, 5.41) is 13.0. The zero-order valence-corrected chi connectivity index (χ0v) is 15.1. The predicted octanol–water partition coefficient (Wildman–Crippen LogP) is 0.824. The molecule has 3 heterocycles. The van der Waals surface area contributed by atoms with Crippen molar-refractivity contribution in [3.8, 4) is 0 Å². The highest BCUT2D eigenvalue weighted by atomic mass is 16.3. The summed E-state index contributed by atoms with van der Waals surface area (Å²) in [5.74, 6) is 2.34. The van der Waals surface area contributed by atoms with Crippen LogP contribution in [0.2, 0.25) is 0 Å². The molecule has 2 aromatic heterocycles. The number of aryl methyl sites for hydroxylation is 1. The van der Waals surface area contributed by atoms with Gasteiger partial charge < -0.3 is 24.6 Å². The Kier molecular flexibility index (Phi) is 5.72. The number of anilines is 2. The fourth-order valence-corrected chi connectivity index (χ4v) is 3.12. The third-order valence-corrected chi connectivity index (χ3v) is 4.50. The number of rotatable bonds is 7. The van der Waals surface area contributed by atoms with Crippen molar-refractivity contribution < 1.29 is 14.3 Å². The van der Waals surface area contributed by atoms with Crippen LogP contribution in [-0.4, -0.2) is 60.3 Å². The van der Waals surface area contributed by atoms with Crippen molar-refractivity contribution in [2.45, 2.75) is 31.4 Å². The van der Waals surface area contributed by atoms with Crippen molar-refractivity contribution in [3.05, 3.63) is 36.5 Å². The van der Waals surface area contributed by atoms with Crippen LogP contribution in [0, 0.1) is 0 Å². The Bertz CT molecular complexity index is 719. The molecule has 140 valence electrons. The van der Waals surface area contributed by atoms with Crippen LogP contribution < -0.4 is 15.1 Å². The maximum Gasteiger partial charge on any atom is 0.220 e. The summed E-state index contributed by atoms with van der Waals surface area (Å²) in [6.45, 7) is 0.964. The molecule has 2 atom stereocenters. The van der Waals surface area contributed by atoms with E-state index in [1.54, 1.807) is 6.26 Å². The first-order valence-electron chi connectivity index (χ1n) is 8.76. The Morgan fingerprint density at radius 1 is 1.46 bits per heavy atom. The number of carbonyl (C=O) groups excluding carboxylic acids is 1. The van der Waals surface area contributed by atoms with Gasteiger partial charge in [0.25, 0.3) is 0 Å². The van der Waals surface area contributed by atoms with Gasteiger partial charge in [0.1, 0.15) is 23.7 Å². The lowest BCUT2D eigenvalue weighted by Crippen LogP contribution is -2.40. The van der Waals surface area contributed by atoms with E-state index in [0.29, 0.717) is 32.4 Å². The molecule has 2 aromatic rings. The molecule has 1 amide bonds. The van der Waals surface area contributed by atoms with Crippen molar-refractivity contribution in [2.24, 2.45) is 0 Å². The van der Waals surface area contributed by atoms with E-state index in [4.69, 9.17) is 4.42 Å². The molecule has 26 heavy (non-hydrogen) atoms. The summed E-state index contributed by atoms with van der Waals surface area (Å²) in [4.78, 5) is 24.6. The number of aromatic nitrogens is 2. The van der Waals surface area contributed by atoms with E-state index in [9.17, 15) is 9.90 Å². The van der Waals surface area contributed by atoms with Crippen LogP contribution in [0.1, 0.15) is 18.6 Å². The topological polar surface area (TPSA) is 94.7 Å². The van der Waals surface area contributed by atoms with Gasteiger partial charge >= 0.3 is 0 Å². The molecule has 1 fully saturated rings. The van der Waals surface area contributed by atoms with Gasteiger partial charge in [0.2, 0.25) is 5.91 Å². The molecule has 2 N–H and O–H groups in total. The summed E-state index contributed by atoms with van der Waals surface area (Å²) in [5.41, 5.74) is 0. The Labute approximate surface area is 152 Å². The highest BCUT2D eigenvalue weighted by molar-refractivity contribution is 5.76. The third kappa shape index (κ3) is 4.51. The van der Waals surface area contributed by atoms with Crippen molar-refractivity contribution in [3.63, 3.8) is 0 Å². The van der Waals surface area contributed by atoms with Gasteiger partial charge in [0.05, 0.1) is 18.4 Å². The van der Waals surface area contributed by atoms with Crippen LogP contribution in [0.4, 0.5) is 11.6 Å². The number of furan rings is 1. The summed E-state index contributed by atoms with van der Waals surface area (Å²) in [6, 6.07) is 5.57. The minimum atomic E-state index is -0.433. The monoisotopic (exact) mass is 359 g/mol. The molecule has 0 bridgehead atoms. The van der Waals surface area contributed by atoms with Crippen molar-refractivity contribution in [2.75, 3.05) is 37.0 Å². The number of nitrogens with one attached hydrogen (secondary N) is 1. The molecular weight excluding hydrogens is 334 g/mol. The molecule has 0 unspecified atom stereocenters. The number of carbonyl (C=O) groups is 1. The van der Waals surface area contributed by atoms with E-state index >= 15 is 0 Å². The van der Waals surface area contributed by atoms with E-state index < -0.39 is 6.10 Å². The quantitative estimate of drug-likeness (QED) is 0.756. The average molecular weight is 359 g/mol. The van der Waals surface area contributed by atoms with Gasteiger partial charge in [-0.25, -0.2) is 9.97 Å². The molecule has 8 nitrogen and oxygen atoms in total. The highest BCUT2D eigenvalue weighted by Crippen LogP contribution is 2.25. The fourth-order valence-electron chi connectivity index (χ4n) is 3.12. The number of β-amino-alcohol motifs (C(OH)–C–C–N with tert-alkyl or cyclic N) is 1. The lowest BCUT2D eigenvalue weighted by Gasteiger charge is -2.26. The minimum Gasteiger partial charge on any atom is -0.469 e. The van der Waals surface area contributed by atoms with E-state index in [2.05, 4.69) is 15.3 Å². The standard InChI is InChI=1S/C18H25N5O3/c1-22(2)16-9-17(21-12-20-16)23-11-14(24)8-13(23)10-19-18(25)6-5-15-4-3-7-26-15/h3-4,7,9,12-14,24H,5-6,8,10-11H2,1-2H3,(H,19,25)/t13-,14-/m1/s1. The number of aliphatic hydroxyl groups is 1. The van der Waals surface area contributed by atoms with Crippen LogP contribution in [0.25, 0.3) is 0 Å². The van der Waals surface area contributed by atoms with Gasteiger partial charge in [-0.2, -0.15) is 0 Å². The predicted molar refractivity (Wildman–Crippen MR) is 98.2 cm³/mol. The number of hydrogen-bond donors (Lipinski definition) is 2. The number of amides is 1. The van der Waals surface area contributed by atoms with Gasteiger partial charge in [-0.15, -0.1) is 0 Å². The molecule has 8 heteroatoms. The molecule has 1 aliphatic heterocycles. The summed E-state index contributed by atoms with van der Waals surface area (Å²) >= 11 is 0.